The SMILES string of the molecule is Cc1nnc(NC(=O)CSc2nnc(CNC(=O)c3ccc(S(=O)(=O)N(C)C)cc3)n2-c2cccc(Cl)c2)s1. The van der Waals surface area contributed by atoms with Crippen molar-refractivity contribution in [3.8, 4) is 5.69 Å². The van der Waals surface area contributed by atoms with Crippen LogP contribution >= 0.6 is 34.7 Å². The lowest BCUT2D eigenvalue weighted by Gasteiger charge is -2.12. The molecule has 0 saturated heterocycles. The molecule has 12 nitrogen and oxygen atoms in total. The van der Waals surface area contributed by atoms with Crippen molar-refractivity contribution in [1.29, 1.82) is 0 Å². The van der Waals surface area contributed by atoms with Gasteiger partial charge in [-0.1, -0.05) is 40.8 Å². The van der Waals surface area contributed by atoms with E-state index in [2.05, 4.69) is 31.0 Å². The first-order chi connectivity index (χ1) is 18.5. The van der Waals surface area contributed by atoms with Gasteiger partial charge < -0.3 is 5.32 Å². The lowest BCUT2D eigenvalue weighted by atomic mass is 10.2. The van der Waals surface area contributed by atoms with E-state index in [1.54, 1.807) is 35.8 Å². The van der Waals surface area contributed by atoms with Crippen molar-refractivity contribution >= 4 is 61.7 Å². The van der Waals surface area contributed by atoms with Crippen molar-refractivity contribution in [3.05, 3.63) is 69.9 Å². The van der Waals surface area contributed by atoms with Gasteiger partial charge in [-0.2, -0.15) is 0 Å². The molecule has 16 heteroatoms. The highest BCUT2D eigenvalue weighted by atomic mass is 35.5. The van der Waals surface area contributed by atoms with E-state index in [0.29, 0.717) is 26.8 Å². The molecule has 204 valence electrons. The Labute approximate surface area is 237 Å². The summed E-state index contributed by atoms with van der Waals surface area (Å²) in [5.41, 5.74) is 0.928. The van der Waals surface area contributed by atoms with Gasteiger partial charge in [0.25, 0.3) is 5.91 Å². The topological polar surface area (TPSA) is 152 Å². The Balaban J connectivity index is 1.49. The number of carbonyl (C=O) groups is 2. The fraction of sp³-hybridized carbons (Fsp3) is 0.217. The van der Waals surface area contributed by atoms with Crippen molar-refractivity contribution < 1.29 is 18.0 Å². The van der Waals surface area contributed by atoms with Crippen molar-refractivity contribution in [2.24, 2.45) is 0 Å². The minimum absolute atomic E-state index is 0.00686. The number of hydrogen-bond donors (Lipinski definition) is 2. The number of hydrogen-bond acceptors (Lipinski definition) is 10. The van der Waals surface area contributed by atoms with E-state index in [4.69, 9.17) is 11.6 Å². The van der Waals surface area contributed by atoms with E-state index in [-0.39, 0.29) is 28.7 Å². The summed E-state index contributed by atoms with van der Waals surface area (Å²) < 4.78 is 27.4. The quantitative estimate of drug-likeness (QED) is 0.259. The molecule has 0 atom stereocenters. The van der Waals surface area contributed by atoms with E-state index in [0.717, 1.165) is 21.1 Å². The standard InChI is InChI=1S/C23H23ClN8O4S3/c1-14-27-29-22(38-14)26-20(33)13-37-23-30-28-19(32(23)17-6-4-5-16(24)11-17)12-25-21(34)15-7-9-18(10-8-15)39(35,36)31(2)3/h4-11H,12-13H2,1-3H3,(H,25,34)(H,26,29,33). The number of aryl methyl sites for hydroxylation is 1. The highest BCUT2D eigenvalue weighted by Gasteiger charge is 2.20. The molecule has 0 spiro atoms. The van der Waals surface area contributed by atoms with Crippen LogP contribution in [0.5, 0.6) is 0 Å². The van der Waals surface area contributed by atoms with Crippen molar-refractivity contribution in [1.82, 2.24) is 34.6 Å². The summed E-state index contributed by atoms with van der Waals surface area (Å²) in [6.45, 7) is 1.80. The predicted molar refractivity (Wildman–Crippen MR) is 149 cm³/mol. The highest BCUT2D eigenvalue weighted by molar-refractivity contribution is 7.99. The number of benzene rings is 2. The lowest BCUT2D eigenvalue weighted by Crippen LogP contribution is -2.25. The molecule has 4 rings (SSSR count). The van der Waals surface area contributed by atoms with Crippen LogP contribution in [0.4, 0.5) is 5.13 Å². The third-order valence-electron chi connectivity index (χ3n) is 5.17. The van der Waals surface area contributed by atoms with Crippen LogP contribution in [0.15, 0.2) is 58.6 Å². The maximum Gasteiger partial charge on any atom is 0.251 e. The number of nitrogens with one attached hydrogen (secondary N) is 2. The van der Waals surface area contributed by atoms with E-state index >= 15 is 0 Å². The Hall–Kier alpha value is -3.37. The van der Waals surface area contributed by atoms with E-state index in [9.17, 15) is 18.0 Å². The monoisotopic (exact) mass is 606 g/mol. The summed E-state index contributed by atoms with van der Waals surface area (Å²) in [5.74, 6) is -0.275. The molecule has 0 bridgehead atoms. The Morgan fingerprint density at radius 3 is 2.46 bits per heavy atom. The average Bonchev–Trinajstić information content (AvgIpc) is 3.51. The van der Waals surface area contributed by atoms with Gasteiger partial charge in [-0.25, -0.2) is 12.7 Å². The van der Waals surface area contributed by atoms with Crippen LogP contribution in [0.1, 0.15) is 21.2 Å². The predicted octanol–water partition coefficient (Wildman–Crippen LogP) is 2.99. The number of thioether (sulfide) groups is 1. The molecule has 0 saturated carbocycles. The second kappa shape index (κ2) is 12.2. The summed E-state index contributed by atoms with van der Waals surface area (Å²) in [7, 11) is -0.738. The number of nitrogens with zero attached hydrogens (tertiary/aromatic N) is 6. The third kappa shape index (κ3) is 6.99. The van der Waals surface area contributed by atoms with E-state index in [1.807, 2.05) is 0 Å². The van der Waals surface area contributed by atoms with Crippen molar-refractivity contribution in [2.75, 3.05) is 25.2 Å². The summed E-state index contributed by atoms with van der Waals surface area (Å²) in [6.07, 6.45) is 0. The molecule has 0 aliphatic rings. The number of aromatic nitrogens is 5. The minimum Gasteiger partial charge on any atom is -0.345 e. The molecule has 2 N–H and O–H groups in total. The molecule has 0 aliphatic heterocycles. The van der Waals surface area contributed by atoms with Crippen molar-refractivity contribution in [2.45, 2.75) is 23.5 Å². The summed E-state index contributed by atoms with van der Waals surface area (Å²) >= 11 is 8.63. The third-order valence-corrected chi connectivity index (χ3v) is 8.92. The van der Waals surface area contributed by atoms with Crippen molar-refractivity contribution in [3.63, 3.8) is 0 Å². The van der Waals surface area contributed by atoms with Gasteiger partial charge in [0.15, 0.2) is 11.0 Å². The van der Waals surface area contributed by atoms with Crippen LogP contribution in [0.3, 0.4) is 0 Å². The smallest absolute Gasteiger partial charge is 0.251 e. The van der Waals surface area contributed by atoms with Crippen LogP contribution in [0, 0.1) is 6.92 Å². The van der Waals surface area contributed by atoms with Crippen LogP contribution in [-0.2, 0) is 21.4 Å². The van der Waals surface area contributed by atoms with Gasteiger partial charge in [-0.3, -0.25) is 19.5 Å². The van der Waals surface area contributed by atoms with Gasteiger partial charge in [0.2, 0.25) is 21.1 Å². The molecule has 39 heavy (non-hydrogen) atoms. The first kappa shape index (κ1) is 28.6. The van der Waals surface area contributed by atoms with Gasteiger partial charge in [0.05, 0.1) is 22.9 Å². The van der Waals surface area contributed by atoms with Crippen LogP contribution in [-0.4, -0.2) is 69.3 Å². The fourth-order valence-electron chi connectivity index (χ4n) is 3.27. The largest absolute Gasteiger partial charge is 0.345 e. The second-order valence-electron chi connectivity index (χ2n) is 8.17. The minimum atomic E-state index is -3.61. The van der Waals surface area contributed by atoms with Gasteiger partial charge in [-0.05, 0) is 49.4 Å². The number of halogens is 1. The zero-order chi connectivity index (χ0) is 28.2. The van der Waals surface area contributed by atoms with E-state index < -0.39 is 15.9 Å². The maximum absolute atomic E-state index is 12.8. The number of carbonyl (C=O) groups excluding carboxylic acids is 2. The zero-order valence-electron chi connectivity index (χ0n) is 21.0. The lowest BCUT2D eigenvalue weighted by molar-refractivity contribution is -0.113. The Bertz CT molecular complexity index is 1600. The van der Waals surface area contributed by atoms with Gasteiger partial charge >= 0.3 is 0 Å². The molecule has 4 aromatic rings. The fourth-order valence-corrected chi connectivity index (χ4v) is 5.73. The van der Waals surface area contributed by atoms with Gasteiger partial charge in [0.1, 0.15) is 5.01 Å². The maximum atomic E-state index is 12.8. The Morgan fingerprint density at radius 2 is 1.82 bits per heavy atom. The summed E-state index contributed by atoms with van der Waals surface area (Å²) in [6, 6.07) is 12.6. The first-order valence-corrected chi connectivity index (χ1v) is 14.9. The van der Waals surface area contributed by atoms with Gasteiger partial charge in [0, 0.05) is 24.7 Å². The molecular weight excluding hydrogens is 584 g/mol. The molecule has 2 aromatic carbocycles. The number of amides is 2. The highest BCUT2D eigenvalue weighted by Crippen LogP contribution is 2.25. The Morgan fingerprint density at radius 1 is 1.08 bits per heavy atom. The Kier molecular flexibility index (Phi) is 8.97. The van der Waals surface area contributed by atoms with E-state index in [1.165, 1.54) is 49.7 Å². The normalized spacial score (nSPS) is 11.5. The van der Waals surface area contributed by atoms with Crippen LogP contribution in [0.2, 0.25) is 5.02 Å². The van der Waals surface area contributed by atoms with Crippen LogP contribution < -0.4 is 10.6 Å². The molecule has 2 aromatic heterocycles. The number of rotatable bonds is 10. The first-order valence-electron chi connectivity index (χ1n) is 11.3. The molecule has 2 amide bonds. The molecule has 0 aliphatic carbocycles. The zero-order valence-corrected chi connectivity index (χ0v) is 24.2. The summed E-state index contributed by atoms with van der Waals surface area (Å²) in [4.78, 5) is 25.3. The van der Waals surface area contributed by atoms with Crippen LogP contribution in [0.25, 0.3) is 5.69 Å². The second-order valence-corrected chi connectivity index (χ2v) is 12.9. The summed E-state index contributed by atoms with van der Waals surface area (Å²) in [5, 5.41) is 23.7. The molecule has 0 radical (unpaired) electrons. The molecular formula is C23H23ClN8O4S3. The van der Waals surface area contributed by atoms with Gasteiger partial charge in [-0.15, -0.1) is 20.4 Å². The molecule has 2 heterocycles. The molecule has 0 unspecified atom stereocenters. The average molecular weight is 607 g/mol. The number of anilines is 1. The number of sulfonamides is 1. The molecule has 0 fully saturated rings.